The van der Waals surface area contributed by atoms with Crippen molar-refractivity contribution in [3.05, 3.63) is 23.7 Å². The second-order valence-corrected chi connectivity index (χ2v) is 5.49. The minimum atomic E-state index is 0.281. The Hall–Kier alpha value is -3.08. The van der Waals surface area contributed by atoms with E-state index in [4.69, 9.17) is 5.26 Å². The maximum absolute atomic E-state index is 9.16. The summed E-state index contributed by atoms with van der Waals surface area (Å²) in [5.74, 6) is 1.05. The zero-order valence-electron chi connectivity index (χ0n) is 13.5. The molecule has 3 N–H and O–H groups in total. The molecule has 8 heteroatoms. The maximum atomic E-state index is 9.16. The van der Waals surface area contributed by atoms with Crippen LogP contribution in [0.15, 0.2) is 12.4 Å². The number of nitrogens with zero attached hydrogens (tertiary/aromatic N) is 5. The summed E-state index contributed by atoms with van der Waals surface area (Å²) in [4.78, 5) is 11.9. The van der Waals surface area contributed by atoms with Gasteiger partial charge in [0.05, 0.1) is 28.5 Å². The molecule has 0 radical (unpaired) electrons. The van der Waals surface area contributed by atoms with E-state index in [-0.39, 0.29) is 6.04 Å². The Morgan fingerprint density at radius 1 is 1.35 bits per heavy atom. The number of aromatic nitrogens is 5. The van der Waals surface area contributed by atoms with Gasteiger partial charge in [-0.15, -0.1) is 0 Å². The lowest BCUT2D eigenvalue weighted by atomic mass is 10.2. The first kappa shape index (κ1) is 14.8. The van der Waals surface area contributed by atoms with Gasteiger partial charge < -0.3 is 15.6 Å². The highest BCUT2D eigenvalue weighted by Gasteiger charge is 2.15. The number of H-pyrrole nitrogens is 1. The first-order valence-corrected chi connectivity index (χ1v) is 7.33. The lowest BCUT2D eigenvalue weighted by Gasteiger charge is -2.10. The van der Waals surface area contributed by atoms with Crippen molar-refractivity contribution in [2.45, 2.75) is 26.8 Å². The normalized spacial score (nSPS) is 11.0. The molecule has 0 fully saturated rings. The van der Waals surface area contributed by atoms with Crippen molar-refractivity contribution in [3.8, 4) is 6.07 Å². The van der Waals surface area contributed by atoms with Gasteiger partial charge in [-0.1, -0.05) is 0 Å². The molecule has 0 aliphatic rings. The number of rotatable bonds is 4. The predicted octanol–water partition coefficient (Wildman–Crippen LogP) is 2.70. The van der Waals surface area contributed by atoms with Gasteiger partial charge in [0, 0.05) is 19.3 Å². The van der Waals surface area contributed by atoms with E-state index in [1.165, 1.54) is 0 Å². The standard InChI is InChI=1S/C15H18N8/c1-8(2)23-9(3)11(7-19-23)20-15-21-13(17-4)12-10(5-16)6-18-14(12)22-15/h6-8H,1-4H3,(H3,17,18,20,21,22). The average molecular weight is 310 g/mol. The van der Waals surface area contributed by atoms with Crippen LogP contribution in [0.25, 0.3) is 11.0 Å². The molecule has 3 rings (SSSR count). The van der Waals surface area contributed by atoms with Crippen LogP contribution in [-0.4, -0.2) is 31.8 Å². The van der Waals surface area contributed by atoms with Gasteiger partial charge in [-0.3, -0.25) is 4.68 Å². The van der Waals surface area contributed by atoms with Crippen LogP contribution in [0.5, 0.6) is 0 Å². The first-order chi connectivity index (χ1) is 11.0. The molecular weight excluding hydrogens is 292 g/mol. The van der Waals surface area contributed by atoms with Crippen LogP contribution < -0.4 is 10.6 Å². The molecule has 0 amide bonds. The fraction of sp³-hybridized carbons (Fsp3) is 0.333. The molecule has 0 aromatic carbocycles. The van der Waals surface area contributed by atoms with Crippen LogP contribution in [0, 0.1) is 18.3 Å². The second kappa shape index (κ2) is 5.61. The Morgan fingerprint density at radius 3 is 2.74 bits per heavy atom. The molecule has 0 aliphatic heterocycles. The predicted molar refractivity (Wildman–Crippen MR) is 88.8 cm³/mol. The third-order valence-electron chi connectivity index (χ3n) is 3.67. The molecule has 0 saturated heterocycles. The van der Waals surface area contributed by atoms with E-state index in [2.05, 4.69) is 50.6 Å². The van der Waals surface area contributed by atoms with Crippen molar-refractivity contribution in [1.29, 1.82) is 5.26 Å². The van der Waals surface area contributed by atoms with E-state index in [9.17, 15) is 0 Å². The van der Waals surface area contributed by atoms with Crippen molar-refractivity contribution in [2.24, 2.45) is 0 Å². The molecule has 23 heavy (non-hydrogen) atoms. The number of fused-ring (bicyclic) bond motifs is 1. The highest BCUT2D eigenvalue weighted by atomic mass is 15.3. The molecule has 3 aromatic heterocycles. The van der Waals surface area contributed by atoms with Gasteiger partial charge in [-0.25, -0.2) is 0 Å². The Kier molecular flexibility index (Phi) is 3.62. The molecular formula is C15H18N8. The van der Waals surface area contributed by atoms with Crippen LogP contribution in [0.3, 0.4) is 0 Å². The molecule has 8 nitrogen and oxygen atoms in total. The zero-order valence-corrected chi connectivity index (χ0v) is 13.5. The number of nitriles is 1. The Bertz CT molecular complexity index is 896. The summed E-state index contributed by atoms with van der Waals surface area (Å²) in [6.07, 6.45) is 3.39. The lowest BCUT2D eigenvalue weighted by molar-refractivity contribution is 0.519. The topological polar surface area (TPSA) is 107 Å². The van der Waals surface area contributed by atoms with Gasteiger partial charge in [0.1, 0.15) is 17.5 Å². The average Bonchev–Trinajstić information content (AvgIpc) is 3.10. The molecule has 0 spiro atoms. The maximum Gasteiger partial charge on any atom is 0.231 e. The van der Waals surface area contributed by atoms with E-state index in [1.807, 2.05) is 11.6 Å². The minimum absolute atomic E-state index is 0.281. The van der Waals surface area contributed by atoms with Gasteiger partial charge in [0.25, 0.3) is 0 Å². The van der Waals surface area contributed by atoms with Gasteiger partial charge in [0.2, 0.25) is 5.95 Å². The van der Waals surface area contributed by atoms with Gasteiger partial charge >= 0.3 is 0 Å². The van der Waals surface area contributed by atoms with Crippen molar-refractivity contribution in [2.75, 3.05) is 17.7 Å². The molecule has 3 aromatic rings. The first-order valence-electron chi connectivity index (χ1n) is 7.33. The Morgan fingerprint density at radius 2 is 2.13 bits per heavy atom. The van der Waals surface area contributed by atoms with Crippen molar-refractivity contribution in [1.82, 2.24) is 24.7 Å². The summed E-state index contributed by atoms with van der Waals surface area (Å²) in [6.45, 7) is 6.15. The summed E-state index contributed by atoms with van der Waals surface area (Å²) in [6, 6.07) is 2.41. The van der Waals surface area contributed by atoms with E-state index in [1.54, 1.807) is 19.4 Å². The monoisotopic (exact) mass is 310 g/mol. The van der Waals surface area contributed by atoms with Gasteiger partial charge in [-0.2, -0.15) is 20.3 Å². The van der Waals surface area contributed by atoms with E-state index < -0.39 is 0 Å². The van der Waals surface area contributed by atoms with Crippen LogP contribution in [-0.2, 0) is 0 Å². The quantitative estimate of drug-likeness (QED) is 0.684. The smallest absolute Gasteiger partial charge is 0.231 e. The number of aromatic amines is 1. The number of nitrogens with one attached hydrogen (secondary N) is 3. The van der Waals surface area contributed by atoms with E-state index in [0.29, 0.717) is 28.4 Å². The second-order valence-electron chi connectivity index (χ2n) is 5.49. The van der Waals surface area contributed by atoms with Gasteiger partial charge in [-0.05, 0) is 20.8 Å². The SMILES string of the molecule is CNc1nc(Nc2cnn(C(C)C)c2C)nc2[nH]cc(C#N)c12. The summed E-state index contributed by atoms with van der Waals surface area (Å²) in [7, 11) is 1.77. The zero-order chi connectivity index (χ0) is 16.6. The Labute approximate surface area is 133 Å². The van der Waals surface area contributed by atoms with Gasteiger partial charge in [0.15, 0.2) is 0 Å². The summed E-state index contributed by atoms with van der Waals surface area (Å²) in [5, 5.41) is 20.4. The molecule has 0 aliphatic carbocycles. The molecule has 0 atom stereocenters. The third kappa shape index (κ3) is 2.46. The fourth-order valence-corrected chi connectivity index (χ4v) is 2.55. The van der Waals surface area contributed by atoms with Crippen LogP contribution in [0.1, 0.15) is 31.1 Å². The number of anilines is 3. The van der Waals surface area contributed by atoms with Crippen LogP contribution >= 0.6 is 0 Å². The number of hydrogen-bond acceptors (Lipinski definition) is 6. The molecule has 0 saturated carbocycles. The van der Waals surface area contributed by atoms with E-state index in [0.717, 1.165) is 11.4 Å². The van der Waals surface area contributed by atoms with Crippen molar-refractivity contribution >= 4 is 28.5 Å². The highest BCUT2D eigenvalue weighted by Crippen LogP contribution is 2.27. The molecule has 118 valence electrons. The minimum Gasteiger partial charge on any atom is -0.372 e. The lowest BCUT2D eigenvalue weighted by Crippen LogP contribution is -2.06. The summed E-state index contributed by atoms with van der Waals surface area (Å²) >= 11 is 0. The number of hydrogen-bond donors (Lipinski definition) is 3. The fourth-order valence-electron chi connectivity index (χ4n) is 2.55. The molecule has 0 unspecified atom stereocenters. The third-order valence-corrected chi connectivity index (χ3v) is 3.67. The summed E-state index contributed by atoms with van der Waals surface area (Å²) < 4.78 is 1.93. The van der Waals surface area contributed by atoms with Crippen LogP contribution in [0.2, 0.25) is 0 Å². The largest absolute Gasteiger partial charge is 0.372 e. The Balaban J connectivity index is 2.03. The van der Waals surface area contributed by atoms with Crippen molar-refractivity contribution < 1.29 is 0 Å². The highest BCUT2D eigenvalue weighted by molar-refractivity contribution is 5.93. The van der Waals surface area contributed by atoms with E-state index >= 15 is 0 Å². The van der Waals surface area contributed by atoms with Crippen LogP contribution in [0.4, 0.5) is 17.5 Å². The van der Waals surface area contributed by atoms with Crippen molar-refractivity contribution in [3.63, 3.8) is 0 Å². The molecule has 3 heterocycles. The summed E-state index contributed by atoms with van der Waals surface area (Å²) in [5.41, 5.74) is 2.99. The molecule has 0 bridgehead atoms.